The fourth-order valence-electron chi connectivity index (χ4n) is 2.61. The molecule has 1 aliphatic carbocycles. The van der Waals surface area contributed by atoms with Crippen LogP contribution in [0.5, 0.6) is 0 Å². The molecule has 0 saturated carbocycles. The van der Waals surface area contributed by atoms with Gasteiger partial charge in [-0.15, -0.1) is 11.3 Å². The lowest BCUT2D eigenvalue weighted by atomic mass is 9.81. The summed E-state index contributed by atoms with van der Waals surface area (Å²) < 4.78 is 0. The number of carbonyl (C=O) groups is 1. The number of benzene rings is 1. The van der Waals surface area contributed by atoms with Gasteiger partial charge in [-0.05, 0) is 30.4 Å². The van der Waals surface area contributed by atoms with Crippen LogP contribution in [0, 0.1) is 5.92 Å². The van der Waals surface area contributed by atoms with Crippen molar-refractivity contribution in [1.82, 2.24) is 4.98 Å². The second-order valence-electron chi connectivity index (χ2n) is 4.78. The van der Waals surface area contributed by atoms with E-state index in [1.807, 2.05) is 5.38 Å². The van der Waals surface area contributed by atoms with Crippen LogP contribution in [-0.2, 0) is 24.1 Å². The highest BCUT2D eigenvalue weighted by molar-refractivity contribution is 7.09. The fourth-order valence-corrected chi connectivity index (χ4v) is 3.23. The third kappa shape index (κ3) is 2.36. The van der Waals surface area contributed by atoms with Crippen LogP contribution in [0.4, 0.5) is 0 Å². The number of hydrogen-bond acceptors (Lipinski definition) is 3. The maximum absolute atomic E-state index is 12.2. The van der Waals surface area contributed by atoms with E-state index in [0.717, 1.165) is 24.3 Å². The van der Waals surface area contributed by atoms with E-state index < -0.39 is 0 Å². The van der Waals surface area contributed by atoms with Gasteiger partial charge in [0.15, 0.2) is 0 Å². The van der Waals surface area contributed by atoms with Gasteiger partial charge in [0.05, 0.1) is 11.4 Å². The maximum Gasteiger partial charge on any atom is 0.143 e. The van der Waals surface area contributed by atoms with Gasteiger partial charge in [-0.3, -0.25) is 4.79 Å². The zero-order valence-electron chi connectivity index (χ0n) is 10.1. The Morgan fingerprint density at radius 3 is 2.94 bits per heavy atom. The van der Waals surface area contributed by atoms with Crippen molar-refractivity contribution in [1.29, 1.82) is 0 Å². The molecule has 0 saturated heterocycles. The van der Waals surface area contributed by atoms with Crippen LogP contribution in [0.2, 0.25) is 0 Å². The molecule has 1 aromatic carbocycles. The van der Waals surface area contributed by atoms with E-state index in [-0.39, 0.29) is 5.92 Å². The van der Waals surface area contributed by atoms with Crippen molar-refractivity contribution in [3.8, 4) is 0 Å². The molecule has 1 heterocycles. The molecule has 0 fully saturated rings. The summed E-state index contributed by atoms with van der Waals surface area (Å²) in [5.41, 5.74) is 2.76. The number of carbonyl (C=O) groups excluding carboxylic acids is 1. The van der Waals surface area contributed by atoms with Crippen molar-refractivity contribution in [2.75, 3.05) is 0 Å². The number of nitrogens with zero attached hydrogens (tertiary/aromatic N) is 1. The van der Waals surface area contributed by atoms with Gasteiger partial charge >= 0.3 is 0 Å². The number of fused-ring (bicyclic) bond motifs is 1. The second kappa shape index (κ2) is 5.02. The number of aryl methyl sites for hydroxylation is 1. The molecule has 1 atom stereocenters. The Labute approximate surface area is 111 Å². The first-order chi connectivity index (χ1) is 8.83. The molecule has 0 bridgehead atoms. The average molecular weight is 257 g/mol. The zero-order chi connectivity index (χ0) is 12.4. The van der Waals surface area contributed by atoms with Gasteiger partial charge in [0.2, 0.25) is 0 Å². The number of aromatic nitrogens is 1. The van der Waals surface area contributed by atoms with E-state index in [0.29, 0.717) is 12.2 Å². The Kier molecular flexibility index (Phi) is 3.24. The molecule has 3 rings (SSSR count). The highest BCUT2D eigenvalue weighted by atomic mass is 32.1. The van der Waals surface area contributed by atoms with Crippen LogP contribution in [0.3, 0.4) is 0 Å². The highest BCUT2D eigenvalue weighted by Gasteiger charge is 2.24. The van der Waals surface area contributed by atoms with Crippen molar-refractivity contribution < 1.29 is 4.79 Å². The van der Waals surface area contributed by atoms with E-state index in [2.05, 4.69) is 29.2 Å². The quantitative estimate of drug-likeness (QED) is 0.846. The summed E-state index contributed by atoms with van der Waals surface area (Å²) in [6.07, 6.45) is 5.19. The summed E-state index contributed by atoms with van der Waals surface area (Å²) in [7, 11) is 0. The smallest absolute Gasteiger partial charge is 0.143 e. The summed E-state index contributed by atoms with van der Waals surface area (Å²) in [4.78, 5) is 16.4. The van der Waals surface area contributed by atoms with E-state index in [1.165, 1.54) is 11.1 Å². The van der Waals surface area contributed by atoms with Crippen molar-refractivity contribution in [3.63, 3.8) is 0 Å². The first-order valence-corrected chi connectivity index (χ1v) is 7.19. The lowest BCUT2D eigenvalue weighted by molar-refractivity contribution is -0.122. The van der Waals surface area contributed by atoms with Crippen LogP contribution in [-0.4, -0.2) is 10.8 Å². The fraction of sp³-hybridized carbons (Fsp3) is 0.333. The molecule has 2 aromatic rings. The van der Waals surface area contributed by atoms with Crippen molar-refractivity contribution in [2.45, 2.75) is 25.7 Å². The third-order valence-corrected chi connectivity index (χ3v) is 4.39. The summed E-state index contributed by atoms with van der Waals surface area (Å²) >= 11 is 1.57. The molecule has 0 amide bonds. The molecular weight excluding hydrogens is 242 g/mol. The second-order valence-corrected chi connectivity index (χ2v) is 5.76. The number of thiazole rings is 1. The van der Waals surface area contributed by atoms with Crippen molar-refractivity contribution >= 4 is 17.1 Å². The lowest BCUT2D eigenvalue weighted by Gasteiger charge is -2.23. The van der Waals surface area contributed by atoms with Gasteiger partial charge in [0, 0.05) is 17.5 Å². The lowest BCUT2D eigenvalue weighted by Crippen LogP contribution is -2.24. The third-order valence-electron chi connectivity index (χ3n) is 3.61. The Morgan fingerprint density at radius 1 is 1.33 bits per heavy atom. The van der Waals surface area contributed by atoms with Gasteiger partial charge in [0.1, 0.15) is 5.78 Å². The molecular formula is C15H15NOS. The standard InChI is InChI=1S/C15H15NOS/c17-14(10-15-16-7-8-18-15)13-6-5-11-3-1-2-4-12(11)9-13/h1-4,7-8,13H,5-6,9-10H2. The van der Waals surface area contributed by atoms with Crippen LogP contribution in [0.15, 0.2) is 35.8 Å². The van der Waals surface area contributed by atoms with Gasteiger partial charge in [-0.25, -0.2) is 4.98 Å². The van der Waals surface area contributed by atoms with Crippen LogP contribution >= 0.6 is 11.3 Å². The molecule has 0 aliphatic heterocycles. The van der Waals surface area contributed by atoms with E-state index in [9.17, 15) is 4.79 Å². The summed E-state index contributed by atoms with van der Waals surface area (Å²) in [5, 5.41) is 2.87. The van der Waals surface area contributed by atoms with E-state index in [4.69, 9.17) is 0 Å². The van der Waals surface area contributed by atoms with Gasteiger partial charge in [-0.2, -0.15) is 0 Å². The molecule has 1 aliphatic rings. The molecule has 2 nitrogen and oxygen atoms in total. The number of ketones is 1. The van der Waals surface area contributed by atoms with Crippen molar-refractivity contribution in [2.24, 2.45) is 5.92 Å². The minimum atomic E-state index is 0.184. The number of rotatable bonds is 3. The predicted octanol–water partition coefficient (Wildman–Crippen LogP) is 3.06. The minimum Gasteiger partial charge on any atom is -0.299 e. The van der Waals surface area contributed by atoms with E-state index >= 15 is 0 Å². The molecule has 92 valence electrons. The summed E-state index contributed by atoms with van der Waals surface area (Å²) in [5.74, 6) is 0.531. The van der Waals surface area contributed by atoms with Crippen LogP contribution in [0.1, 0.15) is 22.6 Å². The molecule has 1 unspecified atom stereocenters. The predicted molar refractivity (Wildman–Crippen MR) is 72.8 cm³/mol. The van der Waals surface area contributed by atoms with Crippen LogP contribution < -0.4 is 0 Å². The maximum atomic E-state index is 12.2. The first kappa shape index (κ1) is 11.6. The Morgan fingerprint density at radius 2 is 2.17 bits per heavy atom. The number of Topliss-reactive ketones (excluding diaryl/α,β-unsaturated/α-hetero) is 1. The Hall–Kier alpha value is -1.48. The summed E-state index contributed by atoms with van der Waals surface area (Å²) in [6.45, 7) is 0. The molecule has 0 N–H and O–H groups in total. The van der Waals surface area contributed by atoms with Gasteiger partial charge in [0.25, 0.3) is 0 Å². The average Bonchev–Trinajstić information content (AvgIpc) is 2.91. The topological polar surface area (TPSA) is 30.0 Å². The first-order valence-electron chi connectivity index (χ1n) is 6.31. The Bertz CT molecular complexity index is 547. The molecule has 1 aromatic heterocycles. The van der Waals surface area contributed by atoms with Crippen LogP contribution in [0.25, 0.3) is 0 Å². The highest BCUT2D eigenvalue weighted by Crippen LogP contribution is 2.26. The monoisotopic (exact) mass is 257 g/mol. The van der Waals surface area contributed by atoms with E-state index in [1.54, 1.807) is 17.5 Å². The SMILES string of the molecule is O=C(Cc1nccs1)C1CCc2ccccc2C1. The minimum absolute atomic E-state index is 0.184. The largest absolute Gasteiger partial charge is 0.299 e. The molecule has 3 heteroatoms. The van der Waals surface area contributed by atoms with Gasteiger partial charge in [-0.1, -0.05) is 24.3 Å². The molecule has 0 spiro atoms. The summed E-state index contributed by atoms with van der Waals surface area (Å²) in [6, 6.07) is 8.47. The van der Waals surface area contributed by atoms with Gasteiger partial charge < -0.3 is 0 Å². The molecule has 18 heavy (non-hydrogen) atoms. The number of hydrogen-bond donors (Lipinski definition) is 0. The molecule has 0 radical (unpaired) electrons. The zero-order valence-corrected chi connectivity index (χ0v) is 11.0. The van der Waals surface area contributed by atoms with Crippen molar-refractivity contribution in [3.05, 3.63) is 52.0 Å². The normalized spacial score (nSPS) is 18.3. The Balaban J connectivity index is 1.70.